The van der Waals surface area contributed by atoms with Crippen molar-refractivity contribution in [2.24, 2.45) is 0 Å². The molecule has 0 spiro atoms. The standard InChI is InChI=1S/C17H31N3O2/c1-14(16-8-6-12-22-16)18-17(21)20-11-3-2-7-15(13-20)19-9-4-5-10-19/h14-16H,2-13H2,1H3,(H,18,21). The van der Waals surface area contributed by atoms with Gasteiger partial charge in [-0.1, -0.05) is 6.42 Å². The monoisotopic (exact) mass is 309 g/mol. The fourth-order valence-corrected chi connectivity index (χ4v) is 4.08. The molecule has 0 radical (unpaired) electrons. The molecule has 0 aromatic rings. The highest BCUT2D eigenvalue weighted by Crippen LogP contribution is 2.21. The summed E-state index contributed by atoms with van der Waals surface area (Å²) in [5.74, 6) is 0. The molecular formula is C17H31N3O2. The Morgan fingerprint density at radius 1 is 1.09 bits per heavy atom. The summed E-state index contributed by atoms with van der Waals surface area (Å²) in [5.41, 5.74) is 0. The van der Waals surface area contributed by atoms with Gasteiger partial charge in [-0.2, -0.15) is 0 Å². The van der Waals surface area contributed by atoms with Crippen LogP contribution in [0.25, 0.3) is 0 Å². The smallest absolute Gasteiger partial charge is 0.317 e. The van der Waals surface area contributed by atoms with Gasteiger partial charge in [0.1, 0.15) is 0 Å². The summed E-state index contributed by atoms with van der Waals surface area (Å²) in [7, 11) is 0. The lowest BCUT2D eigenvalue weighted by molar-refractivity contribution is 0.0824. The molecule has 3 aliphatic rings. The Balaban J connectivity index is 1.53. The minimum Gasteiger partial charge on any atom is -0.376 e. The van der Waals surface area contributed by atoms with E-state index in [-0.39, 0.29) is 18.2 Å². The van der Waals surface area contributed by atoms with Gasteiger partial charge in [0.05, 0.1) is 12.1 Å². The number of ether oxygens (including phenoxy) is 1. The van der Waals surface area contributed by atoms with Crippen LogP contribution in [0, 0.1) is 0 Å². The van der Waals surface area contributed by atoms with Gasteiger partial charge in [-0.3, -0.25) is 4.90 Å². The number of likely N-dealkylation sites (tertiary alicyclic amines) is 2. The van der Waals surface area contributed by atoms with Crippen LogP contribution in [0.5, 0.6) is 0 Å². The maximum absolute atomic E-state index is 12.6. The summed E-state index contributed by atoms with van der Waals surface area (Å²) in [6.07, 6.45) is 8.63. The number of carbonyl (C=O) groups is 1. The zero-order chi connectivity index (χ0) is 15.4. The molecule has 3 aliphatic heterocycles. The molecule has 3 fully saturated rings. The van der Waals surface area contributed by atoms with Crippen molar-refractivity contribution < 1.29 is 9.53 Å². The van der Waals surface area contributed by atoms with Crippen molar-refractivity contribution in [1.29, 1.82) is 0 Å². The van der Waals surface area contributed by atoms with Crippen LogP contribution < -0.4 is 5.32 Å². The Labute approximate surface area is 134 Å². The van der Waals surface area contributed by atoms with Crippen LogP contribution in [-0.2, 0) is 4.74 Å². The molecule has 22 heavy (non-hydrogen) atoms. The molecule has 2 amide bonds. The van der Waals surface area contributed by atoms with Crippen LogP contribution in [0.2, 0.25) is 0 Å². The van der Waals surface area contributed by atoms with Crippen molar-refractivity contribution in [2.45, 2.75) is 70.1 Å². The number of nitrogens with one attached hydrogen (secondary N) is 1. The van der Waals surface area contributed by atoms with Crippen molar-refractivity contribution in [2.75, 3.05) is 32.8 Å². The lowest BCUT2D eigenvalue weighted by Gasteiger charge is -2.32. The van der Waals surface area contributed by atoms with Gasteiger partial charge in [0, 0.05) is 25.7 Å². The Kier molecular flexibility index (Phi) is 5.58. The van der Waals surface area contributed by atoms with E-state index in [1.165, 1.54) is 38.8 Å². The molecule has 0 saturated carbocycles. The van der Waals surface area contributed by atoms with E-state index in [0.29, 0.717) is 6.04 Å². The number of nitrogens with zero attached hydrogens (tertiary/aromatic N) is 2. The largest absolute Gasteiger partial charge is 0.376 e. The highest BCUT2D eigenvalue weighted by Gasteiger charge is 2.30. The summed E-state index contributed by atoms with van der Waals surface area (Å²) in [5, 5.41) is 3.17. The molecule has 5 nitrogen and oxygen atoms in total. The Morgan fingerprint density at radius 2 is 1.86 bits per heavy atom. The molecule has 3 rings (SSSR count). The summed E-state index contributed by atoms with van der Waals surface area (Å²) in [4.78, 5) is 17.3. The van der Waals surface area contributed by atoms with E-state index >= 15 is 0 Å². The van der Waals surface area contributed by atoms with E-state index in [2.05, 4.69) is 17.1 Å². The first-order valence-electron chi connectivity index (χ1n) is 9.15. The van der Waals surface area contributed by atoms with E-state index in [9.17, 15) is 4.79 Å². The maximum Gasteiger partial charge on any atom is 0.317 e. The van der Waals surface area contributed by atoms with Gasteiger partial charge in [-0.15, -0.1) is 0 Å². The molecule has 0 aliphatic carbocycles. The van der Waals surface area contributed by atoms with Crippen LogP contribution in [0.3, 0.4) is 0 Å². The van der Waals surface area contributed by atoms with Crippen LogP contribution in [-0.4, -0.2) is 66.8 Å². The van der Waals surface area contributed by atoms with Gasteiger partial charge in [-0.05, 0) is 58.5 Å². The number of hydrogen-bond donors (Lipinski definition) is 1. The first-order chi connectivity index (χ1) is 10.7. The van der Waals surface area contributed by atoms with Crippen molar-refractivity contribution >= 4 is 6.03 Å². The molecule has 3 saturated heterocycles. The number of hydrogen-bond acceptors (Lipinski definition) is 3. The minimum absolute atomic E-state index is 0.106. The van der Waals surface area contributed by atoms with Gasteiger partial charge >= 0.3 is 6.03 Å². The third kappa shape index (κ3) is 3.93. The highest BCUT2D eigenvalue weighted by molar-refractivity contribution is 5.74. The molecule has 1 N–H and O–H groups in total. The van der Waals surface area contributed by atoms with Crippen LogP contribution in [0.1, 0.15) is 51.9 Å². The molecule has 3 heterocycles. The van der Waals surface area contributed by atoms with Crippen LogP contribution in [0.15, 0.2) is 0 Å². The Hall–Kier alpha value is -0.810. The summed E-state index contributed by atoms with van der Waals surface area (Å²) in [6, 6.07) is 0.784. The first kappa shape index (κ1) is 16.1. The lowest BCUT2D eigenvalue weighted by Crippen LogP contribution is -2.51. The normalized spacial score (nSPS) is 32.0. The van der Waals surface area contributed by atoms with E-state index in [0.717, 1.165) is 39.0 Å². The number of amides is 2. The summed E-state index contributed by atoms with van der Waals surface area (Å²) < 4.78 is 5.69. The molecule has 0 aromatic carbocycles. The van der Waals surface area contributed by atoms with E-state index < -0.39 is 0 Å². The van der Waals surface area contributed by atoms with Crippen molar-refractivity contribution in [3.05, 3.63) is 0 Å². The van der Waals surface area contributed by atoms with Crippen molar-refractivity contribution in [3.8, 4) is 0 Å². The fraction of sp³-hybridized carbons (Fsp3) is 0.941. The quantitative estimate of drug-likeness (QED) is 0.869. The third-order valence-electron chi connectivity index (χ3n) is 5.46. The summed E-state index contributed by atoms with van der Waals surface area (Å²) in [6.45, 7) is 7.13. The SMILES string of the molecule is CC(NC(=O)N1CCCCC(N2CCCC2)C1)C1CCCO1. The Morgan fingerprint density at radius 3 is 2.59 bits per heavy atom. The second-order valence-electron chi connectivity index (χ2n) is 7.13. The number of carbonyl (C=O) groups excluding carboxylic acids is 1. The van der Waals surface area contributed by atoms with Crippen LogP contribution in [0.4, 0.5) is 4.79 Å². The lowest BCUT2D eigenvalue weighted by atomic mass is 10.1. The second kappa shape index (κ2) is 7.64. The van der Waals surface area contributed by atoms with E-state index in [4.69, 9.17) is 4.74 Å². The molecule has 0 aromatic heterocycles. The minimum atomic E-state index is 0.106. The topological polar surface area (TPSA) is 44.8 Å². The van der Waals surface area contributed by atoms with Gasteiger partial charge < -0.3 is 15.0 Å². The molecular weight excluding hydrogens is 278 g/mol. The first-order valence-corrected chi connectivity index (χ1v) is 9.15. The van der Waals surface area contributed by atoms with Gasteiger partial charge in [0.2, 0.25) is 0 Å². The summed E-state index contributed by atoms with van der Waals surface area (Å²) >= 11 is 0. The number of urea groups is 1. The second-order valence-corrected chi connectivity index (χ2v) is 7.13. The van der Waals surface area contributed by atoms with Gasteiger partial charge in [0.25, 0.3) is 0 Å². The zero-order valence-electron chi connectivity index (χ0n) is 13.9. The van der Waals surface area contributed by atoms with Gasteiger partial charge in [0.15, 0.2) is 0 Å². The van der Waals surface area contributed by atoms with Crippen molar-refractivity contribution in [1.82, 2.24) is 15.1 Å². The molecule has 3 unspecified atom stereocenters. The number of rotatable bonds is 3. The molecule has 0 bridgehead atoms. The van der Waals surface area contributed by atoms with E-state index in [1.807, 2.05) is 4.90 Å². The molecule has 3 atom stereocenters. The predicted octanol–water partition coefficient (Wildman–Crippen LogP) is 2.21. The average molecular weight is 309 g/mol. The van der Waals surface area contributed by atoms with Crippen LogP contribution >= 0.6 is 0 Å². The average Bonchev–Trinajstić information content (AvgIpc) is 3.17. The zero-order valence-corrected chi connectivity index (χ0v) is 13.9. The van der Waals surface area contributed by atoms with E-state index in [1.54, 1.807) is 0 Å². The maximum atomic E-state index is 12.6. The van der Waals surface area contributed by atoms with Gasteiger partial charge in [-0.25, -0.2) is 4.79 Å². The predicted molar refractivity (Wildman–Crippen MR) is 87.0 cm³/mol. The fourth-order valence-electron chi connectivity index (χ4n) is 4.08. The Bertz CT molecular complexity index is 365. The molecule has 126 valence electrons. The third-order valence-corrected chi connectivity index (χ3v) is 5.46. The molecule has 5 heteroatoms. The van der Waals surface area contributed by atoms with Crippen molar-refractivity contribution in [3.63, 3.8) is 0 Å². The highest BCUT2D eigenvalue weighted by atomic mass is 16.5.